The van der Waals surface area contributed by atoms with Crippen LogP contribution in [0.3, 0.4) is 0 Å². The van der Waals surface area contributed by atoms with Crippen molar-refractivity contribution >= 4 is 35.4 Å². The second-order valence-corrected chi connectivity index (χ2v) is 9.58. The summed E-state index contributed by atoms with van der Waals surface area (Å²) in [6.07, 6.45) is 1.73. The van der Waals surface area contributed by atoms with Gasteiger partial charge in [-0.3, -0.25) is 4.90 Å². The molecule has 9 nitrogen and oxygen atoms in total. The van der Waals surface area contributed by atoms with Crippen molar-refractivity contribution < 1.29 is 9.47 Å². The highest BCUT2D eigenvalue weighted by atomic mass is 16.5. The van der Waals surface area contributed by atoms with E-state index in [1.165, 1.54) is 0 Å². The predicted molar refractivity (Wildman–Crippen MR) is 166 cm³/mol. The van der Waals surface area contributed by atoms with E-state index < -0.39 is 0 Å². The van der Waals surface area contributed by atoms with Crippen molar-refractivity contribution in [3.63, 3.8) is 0 Å². The van der Waals surface area contributed by atoms with E-state index in [9.17, 15) is 0 Å². The van der Waals surface area contributed by atoms with Crippen molar-refractivity contribution in [3.05, 3.63) is 126 Å². The lowest BCUT2D eigenvalue weighted by Gasteiger charge is -2.28. The van der Waals surface area contributed by atoms with Crippen LogP contribution < -0.4 is 20.0 Å². The molecule has 1 fully saturated rings. The van der Waals surface area contributed by atoms with Crippen molar-refractivity contribution in [2.24, 2.45) is 5.10 Å². The maximum Gasteiger partial charge on any atom is 0.250 e. The van der Waals surface area contributed by atoms with Crippen molar-refractivity contribution in [1.29, 1.82) is 0 Å². The van der Waals surface area contributed by atoms with Gasteiger partial charge in [-0.2, -0.15) is 20.1 Å². The van der Waals surface area contributed by atoms with Crippen LogP contribution in [0, 0.1) is 0 Å². The number of para-hydroxylation sites is 2. The Bertz CT molecular complexity index is 1540. The largest absolute Gasteiger partial charge is 0.489 e. The second kappa shape index (κ2) is 13.4. The molecule has 1 saturated heterocycles. The molecule has 1 aromatic heterocycles. The van der Waals surface area contributed by atoms with Crippen LogP contribution in [0.15, 0.2) is 120 Å². The Hall–Kier alpha value is -5.28. The molecule has 0 amide bonds. The lowest BCUT2D eigenvalue weighted by Crippen LogP contribution is -2.37. The summed E-state index contributed by atoms with van der Waals surface area (Å²) >= 11 is 0. The summed E-state index contributed by atoms with van der Waals surface area (Å²) in [7, 11) is 0. The SMILES string of the molecule is C(=NNc1nc(N2CCOCC2)nc(N(c2ccccc2)c2ccccc2)n1)c1ccc(OCc2ccccc2)cc1. The molecular weight excluding hydrogens is 526 g/mol. The number of nitrogens with one attached hydrogen (secondary N) is 1. The Kier molecular flexibility index (Phi) is 8.58. The smallest absolute Gasteiger partial charge is 0.250 e. The van der Waals surface area contributed by atoms with Gasteiger partial charge in [-0.15, -0.1) is 0 Å². The number of nitrogens with zero attached hydrogens (tertiary/aromatic N) is 6. The predicted octanol–water partition coefficient (Wildman–Crippen LogP) is 6.20. The first-order chi connectivity index (χ1) is 20.8. The van der Waals surface area contributed by atoms with Gasteiger partial charge in [-0.25, -0.2) is 5.43 Å². The molecule has 4 aromatic carbocycles. The van der Waals surface area contributed by atoms with Gasteiger partial charge in [0.25, 0.3) is 0 Å². The van der Waals surface area contributed by atoms with Crippen LogP contribution in [0.4, 0.5) is 29.2 Å². The highest BCUT2D eigenvalue weighted by molar-refractivity contribution is 5.80. The Morgan fingerprint density at radius 3 is 2.02 bits per heavy atom. The van der Waals surface area contributed by atoms with Crippen LogP contribution in [0.25, 0.3) is 0 Å². The summed E-state index contributed by atoms with van der Waals surface area (Å²) < 4.78 is 11.5. The van der Waals surface area contributed by atoms with Crippen LogP contribution >= 0.6 is 0 Å². The molecule has 0 spiro atoms. The minimum absolute atomic E-state index is 0.345. The number of rotatable bonds is 10. The number of hydrogen-bond donors (Lipinski definition) is 1. The van der Waals surface area contributed by atoms with Gasteiger partial charge in [-0.1, -0.05) is 66.7 Å². The molecule has 0 aliphatic carbocycles. The molecule has 1 aliphatic heterocycles. The number of ether oxygens (including phenoxy) is 2. The summed E-state index contributed by atoms with van der Waals surface area (Å²) in [5.74, 6) is 2.19. The first-order valence-electron chi connectivity index (χ1n) is 13.9. The maximum absolute atomic E-state index is 5.89. The molecule has 42 heavy (non-hydrogen) atoms. The fourth-order valence-electron chi connectivity index (χ4n) is 4.50. The molecule has 0 radical (unpaired) electrons. The molecule has 9 heteroatoms. The minimum Gasteiger partial charge on any atom is -0.489 e. The normalized spacial score (nSPS) is 13.2. The van der Waals surface area contributed by atoms with Gasteiger partial charge in [0.15, 0.2) is 0 Å². The molecule has 210 valence electrons. The summed E-state index contributed by atoms with van der Waals surface area (Å²) in [6, 6.07) is 38.0. The molecule has 0 saturated carbocycles. The van der Waals surface area contributed by atoms with Crippen molar-refractivity contribution in [2.45, 2.75) is 6.61 Å². The summed E-state index contributed by atoms with van der Waals surface area (Å²) in [6.45, 7) is 3.15. The average Bonchev–Trinajstić information content (AvgIpc) is 3.06. The minimum atomic E-state index is 0.345. The maximum atomic E-state index is 5.89. The van der Waals surface area contributed by atoms with Gasteiger partial charge in [0.05, 0.1) is 19.4 Å². The standard InChI is InChI=1S/C33H31N7O2/c1-4-10-27(11-5-1)25-42-30-18-16-26(17-19-30)24-34-38-31-35-32(39-20-22-41-23-21-39)37-33(36-31)40(28-12-6-2-7-13-28)29-14-8-3-9-15-29/h1-19,24H,20-23,25H2,(H,35,36,37,38). The number of aromatic nitrogens is 3. The Morgan fingerprint density at radius 2 is 1.38 bits per heavy atom. The molecule has 1 aliphatic rings. The van der Waals surface area contributed by atoms with Crippen LogP contribution in [0.2, 0.25) is 0 Å². The fourth-order valence-corrected chi connectivity index (χ4v) is 4.50. The average molecular weight is 558 g/mol. The second-order valence-electron chi connectivity index (χ2n) is 9.58. The third-order valence-electron chi connectivity index (χ3n) is 6.64. The highest BCUT2D eigenvalue weighted by Crippen LogP contribution is 2.33. The lowest BCUT2D eigenvalue weighted by atomic mass is 10.2. The van der Waals surface area contributed by atoms with Gasteiger partial charge < -0.3 is 14.4 Å². The van der Waals surface area contributed by atoms with E-state index in [-0.39, 0.29) is 0 Å². The molecule has 1 N–H and O–H groups in total. The number of hydrogen-bond acceptors (Lipinski definition) is 9. The highest BCUT2D eigenvalue weighted by Gasteiger charge is 2.21. The van der Waals surface area contributed by atoms with Crippen LogP contribution in [0.1, 0.15) is 11.1 Å². The van der Waals surface area contributed by atoms with Crippen molar-refractivity contribution in [1.82, 2.24) is 15.0 Å². The monoisotopic (exact) mass is 557 g/mol. The van der Waals surface area contributed by atoms with E-state index in [0.29, 0.717) is 50.8 Å². The summed E-state index contributed by atoms with van der Waals surface area (Å²) in [5.41, 5.74) is 6.93. The van der Waals surface area contributed by atoms with Crippen LogP contribution in [-0.4, -0.2) is 47.5 Å². The van der Waals surface area contributed by atoms with Gasteiger partial charge in [-0.05, 0) is 59.7 Å². The van der Waals surface area contributed by atoms with Gasteiger partial charge in [0, 0.05) is 24.5 Å². The Labute approximate surface area is 245 Å². The molecule has 6 rings (SSSR count). The molecule has 0 unspecified atom stereocenters. The zero-order chi connectivity index (χ0) is 28.4. The fraction of sp³-hybridized carbons (Fsp3) is 0.152. The van der Waals surface area contributed by atoms with Gasteiger partial charge in [0.2, 0.25) is 17.8 Å². The van der Waals surface area contributed by atoms with E-state index in [1.54, 1.807) is 6.21 Å². The topological polar surface area (TPSA) is 88.0 Å². The van der Waals surface area contributed by atoms with E-state index >= 15 is 0 Å². The Balaban J connectivity index is 1.24. The van der Waals surface area contributed by atoms with Crippen molar-refractivity contribution in [3.8, 4) is 5.75 Å². The van der Waals surface area contributed by atoms with Crippen LogP contribution in [0.5, 0.6) is 5.75 Å². The number of hydrazone groups is 1. The van der Waals surface area contributed by atoms with E-state index in [4.69, 9.17) is 24.4 Å². The molecular formula is C33H31N7O2. The number of morpholine rings is 1. The van der Waals surface area contributed by atoms with E-state index in [2.05, 4.69) is 15.4 Å². The third-order valence-corrected chi connectivity index (χ3v) is 6.64. The van der Waals surface area contributed by atoms with Gasteiger partial charge >= 0.3 is 0 Å². The summed E-state index contributed by atoms with van der Waals surface area (Å²) in [5, 5.41) is 4.44. The van der Waals surface area contributed by atoms with Gasteiger partial charge in [0.1, 0.15) is 12.4 Å². The van der Waals surface area contributed by atoms with E-state index in [0.717, 1.165) is 28.3 Å². The first kappa shape index (κ1) is 26.9. The molecule has 2 heterocycles. The number of benzene rings is 4. The zero-order valence-corrected chi connectivity index (χ0v) is 23.1. The molecule has 5 aromatic rings. The quantitative estimate of drug-likeness (QED) is 0.160. The zero-order valence-electron chi connectivity index (χ0n) is 23.1. The van der Waals surface area contributed by atoms with E-state index in [1.807, 2.05) is 120 Å². The summed E-state index contributed by atoms with van der Waals surface area (Å²) in [4.78, 5) is 18.5. The first-order valence-corrected chi connectivity index (χ1v) is 13.9. The number of anilines is 5. The third kappa shape index (κ3) is 6.89. The lowest BCUT2D eigenvalue weighted by molar-refractivity contribution is 0.122. The Morgan fingerprint density at radius 1 is 0.762 bits per heavy atom. The molecule has 0 bridgehead atoms. The van der Waals surface area contributed by atoms with Crippen molar-refractivity contribution in [2.75, 3.05) is 41.5 Å². The van der Waals surface area contributed by atoms with Crippen LogP contribution in [-0.2, 0) is 11.3 Å². The molecule has 0 atom stereocenters.